The number of amides is 1. The Morgan fingerprint density at radius 1 is 1.50 bits per heavy atom. The lowest BCUT2D eigenvalue weighted by atomic mass is 10.2. The molecule has 0 atom stereocenters. The Bertz CT molecular complexity index is 457. The van der Waals surface area contributed by atoms with E-state index in [9.17, 15) is 9.18 Å². The number of methoxy groups -OCH3 is 1. The third-order valence-corrected chi connectivity index (χ3v) is 2.01. The molecule has 0 aliphatic heterocycles. The predicted octanol–water partition coefficient (Wildman–Crippen LogP) is 1.70. The number of rotatable bonds is 6. The fourth-order valence-corrected chi connectivity index (χ4v) is 1.25. The van der Waals surface area contributed by atoms with Crippen molar-refractivity contribution in [2.75, 3.05) is 25.6 Å². The van der Waals surface area contributed by atoms with E-state index in [0.717, 1.165) is 0 Å². The zero-order valence-corrected chi connectivity index (χ0v) is 9.90. The lowest BCUT2D eigenvalue weighted by molar-refractivity contribution is -0.115. The minimum absolute atomic E-state index is 0.0548. The fourth-order valence-electron chi connectivity index (χ4n) is 1.25. The molecule has 5 nitrogen and oxygen atoms in total. The topological polar surface area (TPSA) is 71.3 Å². The third-order valence-electron chi connectivity index (χ3n) is 2.01. The molecule has 18 heavy (non-hydrogen) atoms. The molecule has 0 spiro atoms. The second kappa shape index (κ2) is 7.25. The van der Waals surface area contributed by atoms with E-state index < -0.39 is 11.7 Å². The van der Waals surface area contributed by atoms with Crippen LogP contribution in [0.3, 0.4) is 0 Å². The summed E-state index contributed by atoms with van der Waals surface area (Å²) >= 11 is 0. The van der Waals surface area contributed by atoms with Crippen LogP contribution in [0.2, 0.25) is 0 Å². The molecule has 1 rings (SSSR count). The number of nitriles is 1. The van der Waals surface area contributed by atoms with Gasteiger partial charge in [0, 0.05) is 7.11 Å². The van der Waals surface area contributed by atoms with Gasteiger partial charge in [0.05, 0.1) is 18.4 Å². The van der Waals surface area contributed by atoms with Crippen LogP contribution in [-0.4, -0.2) is 26.2 Å². The highest BCUT2D eigenvalue weighted by Gasteiger charge is 2.12. The molecule has 0 aliphatic rings. The van der Waals surface area contributed by atoms with Crippen LogP contribution >= 0.6 is 0 Å². The first kappa shape index (κ1) is 13.9. The number of carbonyl (C=O) groups is 1. The van der Waals surface area contributed by atoms with E-state index in [0.29, 0.717) is 6.61 Å². The third kappa shape index (κ3) is 4.03. The van der Waals surface area contributed by atoms with Gasteiger partial charge in [0.1, 0.15) is 13.0 Å². The van der Waals surface area contributed by atoms with E-state index >= 15 is 0 Å². The van der Waals surface area contributed by atoms with Crippen molar-refractivity contribution in [3.8, 4) is 11.8 Å². The summed E-state index contributed by atoms with van der Waals surface area (Å²) in [4.78, 5) is 11.3. The second-order valence-corrected chi connectivity index (χ2v) is 3.34. The van der Waals surface area contributed by atoms with Crippen molar-refractivity contribution >= 4 is 11.6 Å². The number of carbonyl (C=O) groups excluding carboxylic acids is 1. The van der Waals surface area contributed by atoms with Gasteiger partial charge in [-0.1, -0.05) is 6.07 Å². The second-order valence-electron chi connectivity index (χ2n) is 3.34. The first-order chi connectivity index (χ1) is 8.69. The Morgan fingerprint density at radius 2 is 2.28 bits per heavy atom. The Balaban J connectivity index is 2.80. The van der Waals surface area contributed by atoms with Gasteiger partial charge in [-0.15, -0.1) is 0 Å². The van der Waals surface area contributed by atoms with E-state index in [1.807, 2.05) is 0 Å². The van der Waals surface area contributed by atoms with Crippen LogP contribution < -0.4 is 10.1 Å². The van der Waals surface area contributed by atoms with Gasteiger partial charge in [-0.3, -0.25) is 4.79 Å². The maximum Gasteiger partial charge on any atom is 0.238 e. The number of ether oxygens (including phenoxy) is 2. The van der Waals surface area contributed by atoms with Crippen molar-refractivity contribution in [2.45, 2.75) is 6.42 Å². The summed E-state index contributed by atoms with van der Waals surface area (Å²) in [5.74, 6) is -1.15. The van der Waals surface area contributed by atoms with Crippen LogP contribution in [0.1, 0.15) is 6.42 Å². The lowest BCUT2D eigenvalue weighted by Gasteiger charge is -2.12. The molecule has 1 aromatic rings. The summed E-state index contributed by atoms with van der Waals surface area (Å²) in [6, 6.07) is 5.88. The molecule has 0 heterocycles. The van der Waals surface area contributed by atoms with Crippen LogP contribution in [0.25, 0.3) is 0 Å². The van der Waals surface area contributed by atoms with Gasteiger partial charge in [0.2, 0.25) is 5.91 Å². The zero-order chi connectivity index (χ0) is 13.4. The van der Waals surface area contributed by atoms with Gasteiger partial charge < -0.3 is 14.8 Å². The summed E-state index contributed by atoms with van der Waals surface area (Å²) in [6.45, 7) is 0.471. The van der Waals surface area contributed by atoms with E-state index in [1.54, 1.807) is 6.07 Å². The normalized spacial score (nSPS) is 9.61. The Hall–Kier alpha value is -2.13. The molecule has 0 fully saturated rings. The molecule has 0 radical (unpaired) electrons. The van der Waals surface area contributed by atoms with Crippen molar-refractivity contribution in [3.05, 3.63) is 24.0 Å². The number of nitrogens with one attached hydrogen (secondary N) is 1. The summed E-state index contributed by atoms with van der Waals surface area (Å²) in [5, 5.41) is 10.8. The van der Waals surface area contributed by atoms with E-state index in [1.165, 1.54) is 25.3 Å². The van der Waals surface area contributed by atoms with Gasteiger partial charge in [-0.25, -0.2) is 4.39 Å². The Morgan fingerprint density at radius 3 is 2.94 bits per heavy atom. The number of hydrogen-bond donors (Lipinski definition) is 1. The standard InChI is InChI=1S/C12H13FN2O3/c1-17-7-8-18-12-9(13)3-2-4-10(12)15-11(16)5-6-14/h2-4H,5,7-8H2,1H3,(H,15,16). The van der Waals surface area contributed by atoms with E-state index in [4.69, 9.17) is 14.7 Å². The largest absolute Gasteiger partial charge is 0.486 e. The van der Waals surface area contributed by atoms with E-state index in [-0.39, 0.29) is 24.5 Å². The monoisotopic (exact) mass is 252 g/mol. The average molecular weight is 252 g/mol. The number of halogens is 1. The Kier molecular flexibility index (Phi) is 5.61. The highest BCUT2D eigenvalue weighted by Crippen LogP contribution is 2.27. The van der Waals surface area contributed by atoms with Crippen molar-refractivity contribution in [1.82, 2.24) is 0 Å². The molecule has 1 amide bonds. The molecule has 0 aliphatic carbocycles. The highest BCUT2D eigenvalue weighted by atomic mass is 19.1. The fraction of sp³-hybridized carbons (Fsp3) is 0.333. The van der Waals surface area contributed by atoms with Crippen LogP contribution in [0.5, 0.6) is 5.75 Å². The van der Waals surface area contributed by atoms with Crippen LogP contribution in [0.15, 0.2) is 18.2 Å². The molecule has 0 bridgehead atoms. The minimum Gasteiger partial charge on any atom is -0.486 e. The molecule has 96 valence electrons. The Labute approximate surface area is 104 Å². The van der Waals surface area contributed by atoms with Crippen LogP contribution in [0.4, 0.5) is 10.1 Å². The van der Waals surface area contributed by atoms with Crippen molar-refractivity contribution in [1.29, 1.82) is 5.26 Å². The van der Waals surface area contributed by atoms with Gasteiger partial charge in [0.25, 0.3) is 0 Å². The first-order valence-corrected chi connectivity index (χ1v) is 5.26. The molecule has 0 unspecified atom stereocenters. The minimum atomic E-state index is -0.583. The average Bonchev–Trinajstić information content (AvgIpc) is 2.33. The molecular weight excluding hydrogens is 239 g/mol. The van der Waals surface area contributed by atoms with Crippen LogP contribution in [0, 0.1) is 17.1 Å². The molecule has 1 N–H and O–H groups in total. The SMILES string of the molecule is COCCOc1c(F)cccc1NC(=O)CC#N. The maximum absolute atomic E-state index is 13.5. The zero-order valence-electron chi connectivity index (χ0n) is 9.90. The van der Waals surface area contributed by atoms with Gasteiger partial charge in [-0.2, -0.15) is 5.26 Å². The predicted molar refractivity (Wildman–Crippen MR) is 62.6 cm³/mol. The highest BCUT2D eigenvalue weighted by molar-refractivity contribution is 5.93. The van der Waals surface area contributed by atoms with Crippen molar-refractivity contribution in [3.63, 3.8) is 0 Å². The quantitative estimate of drug-likeness (QED) is 0.782. The van der Waals surface area contributed by atoms with Gasteiger partial charge in [0.15, 0.2) is 11.6 Å². The van der Waals surface area contributed by atoms with E-state index in [2.05, 4.69) is 5.32 Å². The molecule has 6 heteroatoms. The molecule has 0 aromatic heterocycles. The van der Waals surface area contributed by atoms with Gasteiger partial charge in [-0.05, 0) is 12.1 Å². The molecule has 0 saturated heterocycles. The lowest BCUT2D eigenvalue weighted by Crippen LogP contribution is -2.13. The number of para-hydroxylation sites is 1. The van der Waals surface area contributed by atoms with Crippen LogP contribution in [-0.2, 0) is 9.53 Å². The first-order valence-electron chi connectivity index (χ1n) is 5.26. The number of benzene rings is 1. The summed E-state index contributed by atoms with van der Waals surface area (Å²) in [6.07, 6.45) is -0.298. The summed E-state index contributed by atoms with van der Waals surface area (Å²) in [7, 11) is 1.50. The summed E-state index contributed by atoms with van der Waals surface area (Å²) < 4.78 is 23.5. The van der Waals surface area contributed by atoms with Gasteiger partial charge >= 0.3 is 0 Å². The number of anilines is 1. The smallest absolute Gasteiger partial charge is 0.238 e. The molecule has 0 saturated carbocycles. The molecular formula is C12H13FN2O3. The van der Waals surface area contributed by atoms with Crippen molar-refractivity contribution < 1.29 is 18.7 Å². The molecule has 1 aromatic carbocycles. The maximum atomic E-state index is 13.5. The number of hydrogen-bond acceptors (Lipinski definition) is 4. The number of nitrogens with zero attached hydrogens (tertiary/aromatic N) is 1. The summed E-state index contributed by atoms with van der Waals surface area (Å²) in [5.41, 5.74) is 0.200. The van der Waals surface area contributed by atoms with Crippen molar-refractivity contribution in [2.24, 2.45) is 0 Å².